The van der Waals surface area contributed by atoms with Crippen molar-refractivity contribution in [3.8, 4) is 0 Å². The van der Waals surface area contributed by atoms with Crippen molar-refractivity contribution in [2.45, 2.75) is 41.9 Å². The summed E-state index contributed by atoms with van der Waals surface area (Å²) >= 11 is 3.34. The highest BCUT2D eigenvalue weighted by atomic mass is 79.9. The van der Waals surface area contributed by atoms with Gasteiger partial charge < -0.3 is 5.32 Å². The first kappa shape index (κ1) is 14.0. The molecule has 0 aromatic heterocycles. The van der Waals surface area contributed by atoms with Crippen LogP contribution in [0.5, 0.6) is 0 Å². The van der Waals surface area contributed by atoms with Gasteiger partial charge in [-0.2, -0.15) is 0 Å². The molecule has 18 heavy (non-hydrogen) atoms. The van der Waals surface area contributed by atoms with Crippen molar-refractivity contribution in [2.24, 2.45) is 0 Å². The second kappa shape index (κ2) is 5.72. The zero-order chi connectivity index (χ0) is 13.2. The molecule has 2 rings (SSSR count). The number of rotatable bonds is 3. The molecule has 1 fully saturated rings. The molecular weight excluding hydrogens is 314 g/mol. The van der Waals surface area contributed by atoms with Crippen LogP contribution in [-0.2, 0) is 9.84 Å². The molecule has 2 unspecified atom stereocenters. The summed E-state index contributed by atoms with van der Waals surface area (Å²) in [7, 11) is -1.42. The van der Waals surface area contributed by atoms with Crippen molar-refractivity contribution in [1.29, 1.82) is 0 Å². The van der Waals surface area contributed by atoms with Crippen molar-refractivity contribution >= 4 is 25.8 Å². The number of sulfone groups is 1. The summed E-state index contributed by atoms with van der Waals surface area (Å²) in [6, 6.07) is 7.13. The normalized spacial score (nSPS) is 25.0. The Balaban J connectivity index is 2.39. The summed E-state index contributed by atoms with van der Waals surface area (Å²) in [6.07, 6.45) is 3.78. The predicted molar refractivity (Wildman–Crippen MR) is 76.4 cm³/mol. The quantitative estimate of drug-likeness (QED) is 0.926. The molecule has 5 heteroatoms. The van der Waals surface area contributed by atoms with Gasteiger partial charge in [-0.15, -0.1) is 0 Å². The molecular formula is C13H18BrNO2S. The molecule has 0 aliphatic heterocycles. The lowest BCUT2D eigenvalue weighted by molar-refractivity contribution is 0.389. The molecule has 0 radical (unpaired) electrons. The Kier molecular flexibility index (Phi) is 4.45. The van der Waals surface area contributed by atoms with Gasteiger partial charge in [0.2, 0.25) is 0 Å². The molecule has 0 spiro atoms. The standard InChI is InChI=1S/C13H18BrNO2S/c1-15-11-7-3-5-9-13(11)18(16,17)12-8-4-2-6-10(12)14/h2,4,6,8,11,13,15H,3,5,7,9H2,1H3. The maximum atomic E-state index is 12.7. The van der Waals surface area contributed by atoms with Crippen molar-refractivity contribution < 1.29 is 8.42 Å². The minimum atomic E-state index is -3.26. The minimum Gasteiger partial charge on any atom is -0.316 e. The monoisotopic (exact) mass is 331 g/mol. The minimum absolute atomic E-state index is 0.0656. The van der Waals surface area contributed by atoms with E-state index in [1.54, 1.807) is 18.2 Å². The highest BCUT2D eigenvalue weighted by molar-refractivity contribution is 9.10. The summed E-state index contributed by atoms with van der Waals surface area (Å²) in [5, 5.41) is 2.84. The maximum absolute atomic E-state index is 12.7. The molecule has 2 atom stereocenters. The third kappa shape index (κ3) is 2.63. The lowest BCUT2D eigenvalue weighted by atomic mass is 9.95. The number of hydrogen-bond acceptors (Lipinski definition) is 3. The topological polar surface area (TPSA) is 46.2 Å². The second-order valence-corrected chi connectivity index (χ2v) is 7.68. The Bertz CT molecular complexity index is 515. The molecule has 1 saturated carbocycles. The molecule has 1 aliphatic carbocycles. The van der Waals surface area contributed by atoms with Crippen LogP contribution in [0.3, 0.4) is 0 Å². The van der Waals surface area contributed by atoms with E-state index in [1.807, 2.05) is 13.1 Å². The van der Waals surface area contributed by atoms with Crippen LogP contribution in [0.2, 0.25) is 0 Å². The third-order valence-corrected chi connectivity index (χ3v) is 6.90. The predicted octanol–water partition coefficient (Wildman–Crippen LogP) is 2.75. The van der Waals surface area contributed by atoms with E-state index in [-0.39, 0.29) is 11.3 Å². The largest absolute Gasteiger partial charge is 0.316 e. The molecule has 1 N–H and O–H groups in total. The summed E-state index contributed by atoms with van der Waals surface area (Å²) in [5.74, 6) is 0. The van der Waals surface area contributed by atoms with Crippen LogP contribution >= 0.6 is 15.9 Å². The number of nitrogens with one attached hydrogen (secondary N) is 1. The molecule has 1 aromatic carbocycles. The van der Waals surface area contributed by atoms with Gasteiger partial charge in [-0.1, -0.05) is 25.0 Å². The van der Waals surface area contributed by atoms with Crippen LogP contribution in [0.25, 0.3) is 0 Å². The van der Waals surface area contributed by atoms with Crippen LogP contribution in [0, 0.1) is 0 Å². The fourth-order valence-electron chi connectivity index (χ4n) is 2.64. The van der Waals surface area contributed by atoms with Gasteiger partial charge >= 0.3 is 0 Å². The molecule has 100 valence electrons. The Morgan fingerprint density at radius 3 is 2.56 bits per heavy atom. The first-order valence-electron chi connectivity index (χ1n) is 6.23. The Hall–Kier alpha value is -0.390. The lowest BCUT2D eigenvalue weighted by Gasteiger charge is -2.31. The molecule has 1 aromatic rings. The molecule has 1 aliphatic rings. The van der Waals surface area contributed by atoms with Crippen LogP contribution in [0.4, 0.5) is 0 Å². The zero-order valence-electron chi connectivity index (χ0n) is 10.4. The summed E-state index contributed by atoms with van der Waals surface area (Å²) in [4.78, 5) is 0.414. The van der Waals surface area contributed by atoms with Crippen molar-refractivity contribution in [3.63, 3.8) is 0 Å². The van der Waals surface area contributed by atoms with Crippen molar-refractivity contribution in [2.75, 3.05) is 7.05 Å². The van der Waals surface area contributed by atoms with E-state index in [0.717, 1.165) is 25.7 Å². The van der Waals surface area contributed by atoms with E-state index in [2.05, 4.69) is 21.2 Å². The van der Waals surface area contributed by atoms with E-state index in [4.69, 9.17) is 0 Å². The lowest BCUT2D eigenvalue weighted by Crippen LogP contribution is -2.44. The number of benzene rings is 1. The average molecular weight is 332 g/mol. The van der Waals surface area contributed by atoms with Crippen LogP contribution in [-0.4, -0.2) is 26.8 Å². The van der Waals surface area contributed by atoms with Gasteiger partial charge in [0.05, 0.1) is 10.1 Å². The van der Waals surface area contributed by atoms with Crippen LogP contribution in [0.15, 0.2) is 33.6 Å². The molecule has 0 amide bonds. The summed E-state index contributed by atoms with van der Waals surface area (Å²) in [6.45, 7) is 0. The Labute approximate surface area is 117 Å². The highest BCUT2D eigenvalue weighted by Gasteiger charge is 2.36. The number of halogens is 1. The highest BCUT2D eigenvalue weighted by Crippen LogP contribution is 2.32. The van der Waals surface area contributed by atoms with E-state index < -0.39 is 9.84 Å². The Morgan fingerprint density at radius 1 is 1.22 bits per heavy atom. The fourth-order valence-corrected chi connectivity index (χ4v) is 5.71. The fraction of sp³-hybridized carbons (Fsp3) is 0.538. The first-order chi connectivity index (χ1) is 8.57. The van der Waals surface area contributed by atoms with Gasteiger partial charge in [0.25, 0.3) is 0 Å². The maximum Gasteiger partial charge on any atom is 0.183 e. The molecule has 0 heterocycles. The Morgan fingerprint density at radius 2 is 1.89 bits per heavy atom. The smallest absolute Gasteiger partial charge is 0.183 e. The van der Waals surface area contributed by atoms with E-state index in [9.17, 15) is 8.42 Å². The van der Waals surface area contributed by atoms with Gasteiger partial charge in [-0.3, -0.25) is 0 Å². The van der Waals surface area contributed by atoms with Gasteiger partial charge in [0, 0.05) is 10.5 Å². The molecule has 3 nitrogen and oxygen atoms in total. The van der Waals surface area contributed by atoms with Crippen molar-refractivity contribution in [3.05, 3.63) is 28.7 Å². The SMILES string of the molecule is CNC1CCCCC1S(=O)(=O)c1ccccc1Br. The van der Waals surface area contributed by atoms with Crippen LogP contribution < -0.4 is 5.32 Å². The first-order valence-corrected chi connectivity index (χ1v) is 8.57. The van der Waals surface area contributed by atoms with Crippen LogP contribution in [0.1, 0.15) is 25.7 Å². The van der Waals surface area contributed by atoms with E-state index in [1.165, 1.54) is 0 Å². The molecule has 0 bridgehead atoms. The molecule has 0 saturated heterocycles. The van der Waals surface area contributed by atoms with Gasteiger partial charge in [-0.25, -0.2) is 8.42 Å². The average Bonchev–Trinajstić information content (AvgIpc) is 2.39. The summed E-state index contributed by atoms with van der Waals surface area (Å²) < 4.78 is 26.1. The van der Waals surface area contributed by atoms with E-state index >= 15 is 0 Å². The summed E-state index contributed by atoms with van der Waals surface area (Å²) in [5.41, 5.74) is 0. The van der Waals surface area contributed by atoms with Crippen molar-refractivity contribution in [1.82, 2.24) is 5.32 Å². The third-order valence-electron chi connectivity index (χ3n) is 3.62. The van der Waals surface area contributed by atoms with Gasteiger partial charge in [0.1, 0.15) is 0 Å². The zero-order valence-corrected chi connectivity index (χ0v) is 12.8. The van der Waals surface area contributed by atoms with Gasteiger partial charge in [0.15, 0.2) is 9.84 Å². The number of hydrogen-bond donors (Lipinski definition) is 1. The second-order valence-electron chi connectivity index (χ2n) is 4.69. The van der Waals surface area contributed by atoms with Gasteiger partial charge in [-0.05, 0) is 48.0 Å². The van der Waals surface area contributed by atoms with E-state index in [0.29, 0.717) is 9.37 Å².